The Morgan fingerprint density at radius 3 is 2.67 bits per heavy atom. The topological polar surface area (TPSA) is 88.9 Å². The maximum Gasteiger partial charge on any atom is 0.253 e. The molecular formula is C21H28ClN5O2S. The zero-order valence-electron chi connectivity index (χ0n) is 17.4. The van der Waals surface area contributed by atoms with Crippen molar-refractivity contribution in [2.24, 2.45) is 0 Å². The van der Waals surface area contributed by atoms with Gasteiger partial charge in [0.05, 0.1) is 22.4 Å². The van der Waals surface area contributed by atoms with Crippen molar-refractivity contribution in [2.45, 2.75) is 69.7 Å². The van der Waals surface area contributed by atoms with Crippen molar-refractivity contribution >= 4 is 35.2 Å². The van der Waals surface area contributed by atoms with Gasteiger partial charge >= 0.3 is 0 Å². The van der Waals surface area contributed by atoms with Crippen LogP contribution in [0.3, 0.4) is 0 Å². The zero-order valence-corrected chi connectivity index (χ0v) is 18.9. The van der Waals surface area contributed by atoms with Gasteiger partial charge in [-0.15, -0.1) is 10.2 Å². The highest BCUT2D eigenvalue weighted by molar-refractivity contribution is 7.99. The first-order valence-corrected chi connectivity index (χ1v) is 11.8. The second kappa shape index (κ2) is 10.8. The Hall–Kier alpha value is -2.06. The average Bonchev–Trinajstić information content (AvgIpc) is 3.16. The lowest BCUT2D eigenvalue weighted by Gasteiger charge is -2.22. The lowest BCUT2D eigenvalue weighted by atomic mass is 9.95. The lowest BCUT2D eigenvalue weighted by Crippen LogP contribution is -2.37. The number of halogens is 1. The van der Waals surface area contributed by atoms with E-state index in [1.807, 2.05) is 18.4 Å². The number of nitrogens with zero attached hydrogens (tertiary/aromatic N) is 3. The Bertz CT molecular complexity index is 882. The number of carbonyl (C=O) groups is 2. The Morgan fingerprint density at radius 1 is 1.23 bits per heavy atom. The highest BCUT2D eigenvalue weighted by Crippen LogP contribution is 2.22. The van der Waals surface area contributed by atoms with Gasteiger partial charge in [-0.1, -0.05) is 54.8 Å². The zero-order chi connectivity index (χ0) is 21.5. The molecule has 0 spiro atoms. The van der Waals surface area contributed by atoms with Crippen LogP contribution in [0.1, 0.15) is 68.2 Å². The van der Waals surface area contributed by atoms with Crippen LogP contribution in [0.25, 0.3) is 0 Å². The van der Waals surface area contributed by atoms with E-state index < -0.39 is 0 Å². The van der Waals surface area contributed by atoms with Crippen LogP contribution in [0.4, 0.5) is 0 Å². The predicted molar refractivity (Wildman–Crippen MR) is 119 cm³/mol. The third-order valence-corrected chi connectivity index (χ3v) is 6.51. The van der Waals surface area contributed by atoms with Gasteiger partial charge in [-0.05, 0) is 38.8 Å². The fourth-order valence-electron chi connectivity index (χ4n) is 3.66. The van der Waals surface area contributed by atoms with Crippen LogP contribution in [0, 0.1) is 0 Å². The fourth-order valence-corrected chi connectivity index (χ4v) is 4.70. The molecule has 0 bridgehead atoms. The van der Waals surface area contributed by atoms with Crippen molar-refractivity contribution in [3.63, 3.8) is 0 Å². The van der Waals surface area contributed by atoms with E-state index in [0.717, 1.165) is 12.8 Å². The Kier molecular flexibility index (Phi) is 8.16. The van der Waals surface area contributed by atoms with E-state index in [9.17, 15) is 9.59 Å². The summed E-state index contributed by atoms with van der Waals surface area (Å²) >= 11 is 7.48. The van der Waals surface area contributed by atoms with Crippen LogP contribution >= 0.6 is 23.4 Å². The van der Waals surface area contributed by atoms with Crippen molar-refractivity contribution in [2.75, 3.05) is 5.75 Å². The van der Waals surface area contributed by atoms with Crippen LogP contribution in [0.2, 0.25) is 5.02 Å². The molecule has 0 aliphatic heterocycles. The summed E-state index contributed by atoms with van der Waals surface area (Å²) in [6.45, 7) is 4.48. The maximum absolute atomic E-state index is 12.5. The van der Waals surface area contributed by atoms with Crippen LogP contribution in [0.5, 0.6) is 0 Å². The summed E-state index contributed by atoms with van der Waals surface area (Å²) in [6, 6.07) is 6.86. The van der Waals surface area contributed by atoms with E-state index in [1.54, 1.807) is 24.3 Å². The summed E-state index contributed by atoms with van der Waals surface area (Å²) in [5.41, 5.74) is 0.419. The van der Waals surface area contributed by atoms with E-state index in [4.69, 9.17) is 11.6 Å². The van der Waals surface area contributed by atoms with Crippen LogP contribution in [-0.2, 0) is 11.3 Å². The smallest absolute Gasteiger partial charge is 0.253 e. The molecule has 9 heteroatoms. The van der Waals surface area contributed by atoms with Crippen molar-refractivity contribution in [3.05, 3.63) is 40.7 Å². The molecule has 2 N–H and O–H groups in total. The number of amides is 2. The maximum atomic E-state index is 12.5. The lowest BCUT2D eigenvalue weighted by molar-refractivity contribution is -0.119. The second-order valence-corrected chi connectivity index (χ2v) is 8.80. The normalized spacial score (nSPS) is 15.6. The summed E-state index contributed by atoms with van der Waals surface area (Å²) in [5, 5.41) is 15.6. The van der Waals surface area contributed by atoms with Crippen LogP contribution in [-0.4, -0.2) is 38.4 Å². The highest BCUT2D eigenvalue weighted by atomic mass is 35.5. The van der Waals surface area contributed by atoms with Gasteiger partial charge in [0.25, 0.3) is 5.91 Å². The van der Waals surface area contributed by atoms with Gasteiger partial charge in [0.1, 0.15) is 0 Å². The van der Waals surface area contributed by atoms with E-state index in [0.29, 0.717) is 39.9 Å². The third kappa shape index (κ3) is 5.76. The number of carbonyl (C=O) groups excluding carboxylic acids is 2. The molecule has 1 heterocycles. The van der Waals surface area contributed by atoms with E-state index in [-0.39, 0.29) is 17.9 Å². The minimum atomic E-state index is -0.355. The van der Waals surface area contributed by atoms with Crippen molar-refractivity contribution in [3.8, 4) is 0 Å². The molecule has 1 fully saturated rings. The monoisotopic (exact) mass is 449 g/mol. The fraction of sp³-hybridized carbons (Fsp3) is 0.524. The summed E-state index contributed by atoms with van der Waals surface area (Å²) in [5.74, 6) is 0.710. The Balaban J connectivity index is 1.59. The molecule has 1 aliphatic carbocycles. The number of benzene rings is 1. The summed E-state index contributed by atoms with van der Waals surface area (Å²) in [7, 11) is 0. The summed E-state index contributed by atoms with van der Waals surface area (Å²) < 4.78 is 1.93. The number of thioether (sulfide) groups is 1. The second-order valence-electron chi connectivity index (χ2n) is 7.45. The van der Waals surface area contributed by atoms with Gasteiger partial charge in [0.2, 0.25) is 5.91 Å². The first-order chi connectivity index (χ1) is 14.5. The van der Waals surface area contributed by atoms with Gasteiger partial charge in [0.15, 0.2) is 11.0 Å². The Morgan fingerprint density at radius 2 is 1.97 bits per heavy atom. The molecule has 7 nitrogen and oxygen atoms in total. The number of hydrogen-bond acceptors (Lipinski definition) is 5. The molecule has 0 unspecified atom stereocenters. The number of nitrogens with one attached hydrogen (secondary N) is 2. The molecule has 1 atom stereocenters. The largest absolute Gasteiger partial charge is 0.353 e. The molecule has 0 saturated heterocycles. The average molecular weight is 450 g/mol. The van der Waals surface area contributed by atoms with Crippen LogP contribution < -0.4 is 10.6 Å². The molecule has 2 amide bonds. The van der Waals surface area contributed by atoms with Crippen molar-refractivity contribution in [1.82, 2.24) is 25.4 Å². The molecule has 3 rings (SSSR count). The molecule has 2 aromatic rings. The van der Waals surface area contributed by atoms with Crippen LogP contribution in [0.15, 0.2) is 29.4 Å². The van der Waals surface area contributed by atoms with E-state index in [2.05, 4.69) is 20.8 Å². The third-order valence-electron chi connectivity index (χ3n) is 5.22. The van der Waals surface area contributed by atoms with E-state index >= 15 is 0 Å². The number of rotatable bonds is 8. The Labute approximate surface area is 186 Å². The van der Waals surface area contributed by atoms with Crippen molar-refractivity contribution < 1.29 is 9.59 Å². The summed E-state index contributed by atoms with van der Waals surface area (Å²) in [6.07, 6.45) is 5.75. The van der Waals surface area contributed by atoms with Gasteiger partial charge in [-0.25, -0.2) is 0 Å². The minimum absolute atomic E-state index is 0.0270. The van der Waals surface area contributed by atoms with Gasteiger partial charge in [-0.2, -0.15) is 0 Å². The molecule has 1 saturated carbocycles. The first-order valence-electron chi connectivity index (χ1n) is 10.4. The van der Waals surface area contributed by atoms with Gasteiger partial charge in [-0.3, -0.25) is 9.59 Å². The first kappa shape index (κ1) is 22.6. The molecule has 30 heavy (non-hydrogen) atoms. The molecule has 0 radical (unpaired) electrons. The SMILES string of the molecule is CCn1c(SCC(=O)NC2CCCCC2)nnc1[C@@H](C)NC(=O)c1ccccc1Cl. The standard InChI is InChI=1S/C21H28ClN5O2S/c1-3-27-19(14(2)23-20(29)16-11-7-8-12-17(16)22)25-26-21(27)30-13-18(28)24-15-9-5-4-6-10-15/h7-8,11-12,14-15H,3-6,9-10,13H2,1-2H3,(H,23,29)(H,24,28)/t14-/m1/s1. The predicted octanol–water partition coefficient (Wildman–Crippen LogP) is 3.98. The molecule has 1 aliphatic rings. The molecule has 1 aromatic heterocycles. The highest BCUT2D eigenvalue weighted by Gasteiger charge is 2.21. The van der Waals surface area contributed by atoms with Gasteiger partial charge in [0, 0.05) is 12.6 Å². The number of aromatic nitrogens is 3. The van der Waals surface area contributed by atoms with Crippen molar-refractivity contribution in [1.29, 1.82) is 0 Å². The summed E-state index contributed by atoms with van der Waals surface area (Å²) in [4.78, 5) is 24.8. The molecule has 1 aromatic carbocycles. The quantitative estimate of drug-likeness (QED) is 0.595. The molecule has 162 valence electrons. The number of hydrogen-bond donors (Lipinski definition) is 2. The van der Waals surface area contributed by atoms with E-state index in [1.165, 1.54) is 31.0 Å². The van der Waals surface area contributed by atoms with Gasteiger partial charge < -0.3 is 15.2 Å². The minimum Gasteiger partial charge on any atom is -0.353 e. The molecular weight excluding hydrogens is 422 g/mol.